The third-order valence-electron chi connectivity index (χ3n) is 2.49. The van der Waals surface area contributed by atoms with Crippen molar-refractivity contribution in [2.45, 2.75) is 11.5 Å². The van der Waals surface area contributed by atoms with Gasteiger partial charge in [0, 0.05) is 15.7 Å². The predicted octanol–water partition coefficient (Wildman–Crippen LogP) is 4.50. The van der Waals surface area contributed by atoms with Crippen LogP contribution in [0.2, 0.25) is 10.0 Å². The van der Waals surface area contributed by atoms with E-state index in [0.29, 0.717) is 17.4 Å². The van der Waals surface area contributed by atoms with Crippen molar-refractivity contribution in [1.82, 2.24) is 0 Å². The van der Waals surface area contributed by atoms with Gasteiger partial charge in [0.2, 0.25) is 0 Å². The lowest BCUT2D eigenvalue weighted by Crippen LogP contribution is -1.97. The van der Waals surface area contributed by atoms with E-state index in [1.54, 1.807) is 12.1 Å². The Morgan fingerprint density at radius 3 is 2.20 bits per heavy atom. The Labute approximate surface area is 131 Å². The topological polar surface area (TPSA) is 43.4 Å². The lowest BCUT2D eigenvalue weighted by atomic mass is 10.2. The monoisotopic (exact) mass is 350 g/mol. The molecule has 0 heterocycles. The number of rotatable bonds is 4. The molecule has 2 aromatic rings. The minimum absolute atomic E-state index is 0.0667. The Kier molecular flexibility index (Phi) is 4.81. The van der Waals surface area contributed by atoms with Crippen LogP contribution in [0.4, 0.5) is 0 Å². The van der Waals surface area contributed by atoms with Crippen molar-refractivity contribution in [3.63, 3.8) is 0 Å². The zero-order chi connectivity index (χ0) is 14.8. The molecule has 0 radical (unpaired) electrons. The maximum atomic E-state index is 11.2. The average molecular weight is 352 g/mol. The molecule has 0 aromatic heterocycles. The summed E-state index contributed by atoms with van der Waals surface area (Å²) >= 11 is 11.7. The molecule has 0 bridgehead atoms. The standard InChI is InChI=1S/C13H9Cl3O3S/c14-10-3-1-9(2-4-10)8-19-13-6-5-11(7-12(13)15)20(16,17)18/h1-7H,8H2. The first-order valence-electron chi connectivity index (χ1n) is 5.48. The Morgan fingerprint density at radius 1 is 1.00 bits per heavy atom. The largest absolute Gasteiger partial charge is 0.487 e. The van der Waals surface area contributed by atoms with Gasteiger partial charge in [0.05, 0.1) is 9.92 Å². The third kappa shape index (κ3) is 4.03. The molecule has 0 fully saturated rings. The van der Waals surface area contributed by atoms with Gasteiger partial charge in [-0.05, 0) is 35.9 Å². The van der Waals surface area contributed by atoms with Crippen LogP contribution in [0, 0.1) is 0 Å². The fraction of sp³-hybridized carbons (Fsp3) is 0.0769. The van der Waals surface area contributed by atoms with Crippen molar-refractivity contribution in [2.24, 2.45) is 0 Å². The van der Waals surface area contributed by atoms with Crippen molar-refractivity contribution >= 4 is 42.9 Å². The summed E-state index contributed by atoms with van der Waals surface area (Å²) in [5.41, 5.74) is 0.916. The molecule has 0 saturated heterocycles. The molecule has 0 aliphatic heterocycles. The fourth-order valence-corrected chi connectivity index (χ4v) is 2.69. The molecule has 2 aromatic carbocycles. The Morgan fingerprint density at radius 2 is 1.65 bits per heavy atom. The van der Waals surface area contributed by atoms with Crippen LogP contribution in [0.25, 0.3) is 0 Å². The molecule has 0 aliphatic rings. The zero-order valence-corrected chi connectivity index (χ0v) is 13.1. The van der Waals surface area contributed by atoms with Crippen LogP contribution in [0.3, 0.4) is 0 Å². The quantitative estimate of drug-likeness (QED) is 0.762. The number of halogens is 3. The highest BCUT2D eigenvalue weighted by atomic mass is 35.7. The number of benzene rings is 2. The summed E-state index contributed by atoms with van der Waals surface area (Å²) in [7, 11) is 1.43. The molecule has 0 aliphatic carbocycles. The van der Waals surface area contributed by atoms with Crippen LogP contribution in [-0.4, -0.2) is 8.42 Å². The second kappa shape index (κ2) is 6.22. The maximum Gasteiger partial charge on any atom is 0.261 e. The van der Waals surface area contributed by atoms with E-state index in [0.717, 1.165) is 5.56 Å². The summed E-state index contributed by atoms with van der Waals surface area (Å²) in [6.45, 7) is 0.295. The van der Waals surface area contributed by atoms with Crippen LogP contribution >= 0.6 is 33.9 Å². The lowest BCUT2D eigenvalue weighted by Gasteiger charge is -2.09. The summed E-state index contributed by atoms with van der Waals surface area (Å²) in [6, 6.07) is 11.2. The molecule has 0 amide bonds. The Hall–Kier alpha value is -0.940. The Bertz CT molecular complexity index is 712. The van der Waals surface area contributed by atoms with Gasteiger partial charge in [-0.3, -0.25) is 0 Å². The molecule has 20 heavy (non-hydrogen) atoms. The van der Waals surface area contributed by atoms with Crippen LogP contribution in [0.1, 0.15) is 5.56 Å². The van der Waals surface area contributed by atoms with Crippen molar-refractivity contribution in [2.75, 3.05) is 0 Å². The molecule has 0 saturated carbocycles. The highest BCUT2D eigenvalue weighted by molar-refractivity contribution is 8.13. The molecule has 7 heteroatoms. The highest BCUT2D eigenvalue weighted by Crippen LogP contribution is 2.29. The van der Waals surface area contributed by atoms with Crippen molar-refractivity contribution < 1.29 is 13.2 Å². The molecule has 0 unspecified atom stereocenters. The van der Waals surface area contributed by atoms with E-state index in [4.69, 9.17) is 38.6 Å². The predicted molar refractivity (Wildman–Crippen MR) is 80.3 cm³/mol. The minimum Gasteiger partial charge on any atom is -0.487 e. The van der Waals surface area contributed by atoms with Crippen LogP contribution < -0.4 is 4.74 Å². The van der Waals surface area contributed by atoms with E-state index >= 15 is 0 Å². The molecule has 0 spiro atoms. The second-order valence-electron chi connectivity index (χ2n) is 3.95. The molecular formula is C13H9Cl3O3S. The Balaban J connectivity index is 2.12. The van der Waals surface area contributed by atoms with Gasteiger partial charge in [-0.25, -0.2) is 8.42 Å². The zero-order valence-electron chi connectivity index (χ0n) is 10.0. The minimum atomic E-state index is -3.80. The fourth-order valence-electron chi connectivity index (χ4n) is 1.49. The lowest BCUT2D eigenvalue weighted by molar-refractivity contribution is 0.306. The van der Waals surface area contributed by atoms with Crippen LogP contribution in [-0.2, 0) is 15.7 Å². The average Bonchev–Trinajstić information content (AvgIpc) is 2.38. The summed E-state index contributed by atoms with van der Waals surface area (Å²) in [4.78, 5) is -0.0667. The summed E-state index contributed by atoms with van der Waals surface area (Å²) < 4.78 is 27.8. The SMILES string of the molecule is O=S(=O)(Cl)c1ccc(OCc2ccc(Cl)cc2)c(Cl)c1. The smallest absolute Gasteiger partial charge is 0.261 e. The molecule has 0 N–H and O–H groups in total. The molecule has 106 valence electrons. The van der Waals surface area contributed by atoms with Crippen LogP contribution in [0.5, 0.6) is 5.75 Å². The number of hydrogen-bond donors (Lipinski definition) is 0. The van der Waals surface area contributed by atoms with Gasteiger partial charge in [0.25, 0.3) is 9.05 Å². The number of ether oxygens (including phenoxy) is 1. The van der Waals surface area contributed by atoms with E-state index in [1.165, 1.54) is 18.2 Å². The summed E-state index contributed by atoms with van der Waals surface area (Å²) in [6.07, 6.45) is 0. The van der Waals surface area contributed by atoms with E-state index in [-0.39, 0.29) is 9.92 Å². The van der Waals surface area contributed by atoms with Gasteiger partial charge in [-0.1, -0.05) is 35.3 Å². The van der Waals surface area contributed by atoms with E-state index in [9.17, 15) is 8.42 Å². The molecule has 3 nitrogen and oxygen atoms in total. The van der Waals surface area contributed by atoms with E-state index in [2.05, 4.69) is 0 Å². The molecule has 2 rings (SSSR count). The first-order chi connectivity index (χ1) is 9.36. The number of hydrogen-bond acceptors (Lipinski definition) is 3. The third-order valence-corrected chi connectivity index (χ3v) is 4.39. The van der Waals surface area contributed by atoms with E-state index < -0.39 is 9.05 Å². The van der Waals surface area contributed by atoms with Gasteiger partial charge < -0.3 is 4.74 Å². The second-order valence-corrected chi connectivity index (χ2v) is 7.35. The van der Waals surface area contributed by atoms with Gasteiger partial charge >= 0.3 is 0 Å². The van der Waals surface area contributed by atoms with Crippen molar-refractivity contribution in [3.8, 4) is 5.75 Å². The normalized spacial score (nSPS) is 11.3. The first kappa shape index (κ1) is 15.4. The van der Waals surface area contributed by atoms with Gasteiger partial charge in [-0.15, -0.1) is 0 Å². The van der Waals surface area contributed by atoms with Gasteiger partial charge in [0.15, 0.2) is 0 Å². The van der Waals surface area contributed by atoms with Gasteiger partial charge in [0.1, 0.15) is 12.4 Å². The van der Waals surface area contributed by atoms with Crippen LogP contribution in [0.15, 0.2) is 47.4 Å². The summed E-state index contributed by atoms with van der Waals surface area (Å²) in [5.74, 6) is 0.380. The van der Waals surface area contributed by atoms with Crippen molar-refractivity contribution in [3.05, 3.63) is 58.1 Å². The highest BCUT2D eigenvalue weighted by Gasteiger charge is 2.12. The summed E-state index contributed by atoms with van der Waals surface area (Å²) in [5, 5.41) is 0.823. The molecular weight excluding hydrogens is 343 g/mol. The maximum absolute atomic E-state index is 11.2. The first-order valence-corrected chi connectivity index (χ1v) is 8.54. The molecule has 0 atom stereocenters. The van der Waals surface area contributed by atoms with Gasteiger partial charge in [-0.2, -0.15) is 0 Å². The van der Waals surface area contributed by atoms with Crippen molar-refractivity contribution in [1.29, 1.82) is 0 Å². The van der Waals surface area contributed by atoms with E-state index in [1.807, 2.05) is 12.1 Å².